The number of thioether (sulfide) groups is 2. The highest BCUT2D eigenvalue weighted by molar-refractivity contribution is 8.16. The predicted octanol–water partition coefficient (Wildman–Crippen LogP) is 5.39. The number of carbonyl (C=O) groups is 2. The van der Waals surface area contributed by atoms with E-state index in [4.69, 9.17) is 9.47 Å². The summed E-state index contributed by atoms with van der Waals surface area (Å²) in [5, 5.41) is 19.1. The summed E-state index contributed by atoms with van der Waals surface area (Å²) in [6.45, 7) is 0.146. The van der Waals surface area contributed by atoms with Crippen LogP contribution >= 0.6 is 23.5 Å². The number of benzene rings is 3. The van der Waals surface area contributed by atoms with Crippen LogP contribution in [-0.4, -0.2) is 28.9 Å². The van der Waals surface area contributed by atoms with E-state index in [0.717, 1.165) is 5.56 Å². The van der Waals surface area contributed by atoms with Gasteiger partial charge in [0.25, 0.3) is 0 Å². The summed E-state index contributed by atoms with van der Waals surface area (Å²) in [5.41, 5.74) is 1.25. The van der Waals surface area contributed by atoms with Crippen molar-refractivity contribution in [3.05, 3.63) is 83.4 Å². The van der Waals surface area contributed by atoms with Gasteiger partial charge in [0.05, 0.1) is 15.7 Å². The molecule has 0 fully saturated rings. The molecule has 3 aromatic rings. The molecule has 1 heterocycles. The van der Waals surface area contributed by atoms with Crippen molar-refractivity contribution in [2.24, 2.45) is 0 Å². The van der Waals surface area contributed by atoms with Crippen molar-refractivity contribution in [2.45, 2.75) is 14.4 Å². The average Bonchev–Trinajstić information content (AvgIpc) is 3.21. The zero-order valence-corrected chi connectivity index (χ0v) is 17.1. The van der Waals surface area contributed by atoms with Crippen LogP contribution in [0.1, 0.15) is 30.9 Å². The van der Waals surface area contributed by atoms with E-state index >= 15 is 0 Å². The van der Waals surface area contributed by atoms with Crippen molar-refractivity contribution in [1.29, 1.82) is 0 Å². The molecule has 0 atom stereocenters. The number of hydrogen-bond donors (Lipinski definition) is 2. The molecule has 1 aliphatic rings. The molecule has 0 saturated carbocycles. The van der Waals surface area contributed by atoms with Crippen LogP contribution in [0.25, 0.3) is 0 Å². The summed E-state index contributed by atoms with van der Waals surface area (Å²) in [6, 6.07) is 19.0. The molecule has 0 aliphatic carbocycles. The van der Waals surface area contributed by atoms with Crippen LogP contribution in [0, 0.1) is 0 Å². The average molecular weight is 440 g/mol. The van der Waals surface area contributed by atoms with Crippen LogP contribution in [0.2, 0.25) is 0 Å². The van der Waals surface area contributed by atoms with Crippen molar-refractivity contribution in [3.8, 4) is 11.5 Å². The number of hydrogen-bond acceptors (Lipinski definition) is 6. The molecule has 0 aromatic heterocycles. The van der Waals surface area contributed by atoms with Crippen molar-refractivity contribution in [1.82, 2.24) is 0 Å². The molecule has 8 heteroatoms. The Kier molecular flexibility index (Phi) is 5.87. The van der Waals surface area contributed by atoms with Crippen molar-refractivity contribution >= 4 is 35.5 Å². The third-order valence-corrected chi connectivity index (χ3v) is 7.14. The zero-order chi connectivity index (χ0) is 21.1. The second-order valence-corrected chi connectivity index (χ2v) is 8.88. The van der Waals surface area contributed by atoms with Gasteiger partial charge in [-0.15, -0.1) is 23.5 Å². The summed E-state index contributed by atoms with van der Waals surface area (Å²) in [5.74, 6) is -0.780. The SMILES string of the molecule is O=C(O)c1ccccc1SC(Sc1ccccc1C(=O)O)c1ccc2c(c1)OCO2. The summed E-state index contributed by atoms with van der Waals surface area (Å²) in [4.78, 5) is 24.5. The summed E-state index contributed by atoms with van der Waals surface area (Å²) in [7, 11) is 0. The first-order valence-corrected chi connectivity index (χ1v) is 10.7. The van der Waals surface area contributed by atoms with Gasteiger partial charge in [-0.25, -0.2) is 9.59 Å². The van der Waals surface area contributed by atoms with Crippen LogP contribution in [0.4, 0.5) is 0 Å². The van der Waals surface area contributed by atoms with E-state index in [2.05, 4.69) is 0 Å². The molecule has 1 aliphatic heterocycles. The zero-order valence-electron chi connectivity index (χ0n) is 15.5. The highest BCUT2D eigenvalue weighted by atomic mass is 32.2. The van der Waals surface area contributed by atoms with E-state index in [0.29, 0.717) is 21.3 Å². The number of fused-ring (bicyclic) bond motifs is 1. The van der Waals surface area contributed by atoms with E-state index in [9.17, 15) is 19.8 Å². The van der Waals surface area contributed by atoms with Crippen molar-refractivity contribution in [2.75, 3.05) is 6.79 Å². The van der Waals surface area contributed by atoms with Crippen LogP contribution in [-0.2, 0) is 0 Å². The lowest BCUT2D eigenvalue weighted by molar-refractivity contribution is 0.0682. The third-order valence-electron chi connectivity index (χ3n) is 4.37. The fraction of sp³-hybridized carbons (Fsp3) is 0.0909. The summed E-state index contributed by atoms with van der Waals surface area (Å²) in [6.07, 6.45) is 0. The quantitative estimate of drug-likeness (QED) is 0.373. The maximum Gasteiger partial charge on any atom is 0.336 e. The highest BCUT2D eigenvalue weighted by Crippen LogP contribution is 2.50. The van der Waals surface area contributed by atoms with Crippen LogP contribution in [0.3, 0.4) is 0 Å². The van der Waals surface area contributed by atoms with Crippen molar-refractivity contribution in [3.63, 3.8) is 0 Å². The van der Waals surface area contributed by atoms with E-state index < -0.39 is 11.9 Å². The number of carboxylic acid groups (broad SMARTS) is 2. The molecular formula is C22H16O6S2. The van der Waals surface area contributed by atoms with E-state index in [1.807, 2.05) is 12.1 Å². The number of rotatable bonds is 7. The molecule has 2 N–H and O–H groups in total. The minimum Gasteiger partial charge on any atom is -0.478 e. The Morgan fingerprint density at radius 2 is 1.30 bits per heavy atom. The van der Waals surface area contributed by atoms with Gasteiger partial charge in [0.15, 0.2) is 11.5 Å². The lowest BCUT2D eigenvalue weighted by atomic mass is 10.2. The third kappa shape index (κ3) is 4.24. The molecule has 6 nitrogen and oxygen atoms in total. The van der Waals surface area contributed by atoms with Gasteiger partial charge in [0.2, 0.25) is 6.79 Å². The Morgan fingerprint density at radius 3 is 1.87 bits per heavy atom. The molecular weight excluding hydrogens is 424 g/mol. The molecule has 3 aromatic carbocycles. The van der Waals surface area contributed by atoms with E-state index in [-0.39, 0.29) is 22.5 Å². The Balaban J connectivity index is 1.74. The van der Waals surface area contributed by atoms with Gasteiger partial charge in [-0.1, -0.05) is 30.3 Å². The molecule has 0 bridgehead atoms. The Morgan fingerprint density at radius 1 is 0.767 bits per heavy atom. The fourth-order valence-electron chi connectivity index (χ4n) is 2.94. The Hall–Kier alpha value is -3.10. The Labute approximate surface area is 180 Å². The molecule has 0 radical (unpaired) electrons. The lowest BCUT2D eigenvalue weighted by Gasteiger charge is -2.19. The molecule has 0 spiro atoms. The van der Waals surface area contributed by atoms with Gasteiger partial charge >= 0.3 is 11.9 Å². The molecule has 152 valence electrons. The van der Waals surface area contributed by atoms with Gasteiger partial charge < -0.3 is 19.7 Å². The second-order valence-electron chi connectivity index (χ2n) is 6.28. The van der Waals surface area contributed by atoms with Crippen molar-refractivity contribution < 1.29 is 29.3 Å². The lowest BCUT2D eigenvalue weighted by Crippen LogP contribution is -2.01. The van der Waals surface area contributed by atoms with Gasteiger partial charge in [0.1, 0.15) is 0 Å². The monoisotopic (exact) mass is 440 g/mol. The molecule has 4 rings (SSSR count). The summed E-state index contributed by atoms with van der Waals surface area (Å²) >= 11 is 2.70. The van der Waals surface area contributed by atoms with E-state index in [1.165, 1.54) is 23.5 Å². The van der Waals surface area contributed by atoms with Crippen LogP contribution < -0.4 is 9.47 Å². The van der Waals surface area contributed by atoms with E-state index in [1.54, 1.807) is 54.6 Å². The fourth-order valence-corrected chi connectivity index (χ4v) is 5.66. The summed E-state index contributed by atoms with van der Waals surface area (Å²) < 4.78 is 10.5. The predicted molar refractivity (Wildman–Crippen MR) is 114 cm³/mol. The largest absolute Gasteiger partial charge is 0.478 e. The first-order chi connectivity index (χ1) is 14.5. The molecule has 0 amide bonds. The molecule has 30 heavy (non-hydrogen) atoms. The maximum atomic E-state index is 11.7. The van der Waals surface area contributed by atoms with Gasteiger partial charge in [-0.3, -0.25) is 0 Å². The smallest absolute Gasteiger partial charge is 0.336 e. The number of ether oxygens (including phenoxy) is 2. The Bertz CT molecular complexity index is 1050. The maximum absolute atomic E-state index is 11.7. The first kappa shape index (κ1) is 20.2. The first-order valence-electron chi connectivity index (χ1n) is 8.90. The van der Waals surface area contributed by atoms with Crippen LogP contribution in [0.5, 0.6) is 11.5 Å². The number of aromatic carboxylic acids is 2. The molecule has 0 saturated heterocycles. The topological polar surface area (TPSA) is 93.1 Å². The van der Waals surface area contributed by atoms with Gasteiger partial charge in [0, 0.05) is 9.79 Å². The van der Waals surface area contributed by atoms with Crippen LogP contribution in [0.15, 0.2) is 76.5 Å². The second kappa shape index (κ2) is 8.73. The normalized spacial score (nSPS) is 12.2. The highest BCUT2D eigenvalue weighted by Gasteiger charge is 2.24. The minimum atomic E-state index is -1.02. The van der Waals surface area contributed by atoms with Gasteiger partial charge in [-0.2, -0.15) is 0 Å². The standard InChI is InChI=1S/C22H16O6S2/c23-20(24)14-5-1-3-7-18(14)29-22(13-9-10-16-17(11-13)28-12-27-16)30-19-8-4-2-6-15(19)21(25)26/h1-11,22H,12H2,(H,23,24)(H,25,26). The number of carboxylic acids is 2. The molecule has 0 unspecified atom stereocenters. The minimum absolute atomic E-state index is 0.146. The van der Waals surface area contributed by atoms with Gasteiger partial charge in [-0.05, 0) is 42.0 Å².